The Hall–Kier alpha value is -2.01. The maximum absolute atomic E-state index is 13.2. The predicted octanol–water partition coefficient (Wildman–Crippen LogP) is 6.02. The molecule has 0 bridgehead atoms. The van der Waals surface area contributed by atoms with E-state index >= 15 is 0 Å². The maximum atomic E-state index is 13.2. The first kappa shape index (κ1) is 26.1. The van der Waals surface area contributed by atoms with Crippen molar-refractivity contribution >= 4 is 5.78 Å². The molecule has 0 heterocycles. The average Bonchev–Trinajstić information content (AvgIpc) is 3.05. The highest BCUT2D eigenvalue weighted by atomic mass is 16.3. The standard InChI is InChI=1S/C30H47N3O2/c1-20(2)16-23(31)19-33(32)15-7-5-4-6-8-22-18-28(35)30(3)14-13-26-25-12-10-24(34)17-21(25)9-11-27(26)29(22)30/h10,12,17,19-20,22,26-27,29,34H,4-9,11,13-16,18,31-32H2,1-3H3/b23-19-/t22-,26?,27-,29?,30-/m1/s1. The molecular formula is C30H47N3O2. The number of Topliss-reactive ketones (excluding diaryl/α,β-unsaturated/α-hetero) is 1. The van der Waals surface area contributed by atoms with Gasteiger partial charge in [-0.05, 0) is 97.8 Å². The Morgan fingerprint density at radius 2 is 2.00 bits per heavy atom. The van der Waals surface area contributed by atoms with Crippen molar-refractivity contribution in [3.8, 4) is 5.75 Å². The number of nitrogens with two attached hydrogens (primary N) is 2. The summed E-state index contributed by atoms with van der Waals surface area (Å²) in [6.07, 6.45) is 13.7. The van der Waals surface area contributed by atoms with Gasteiger partial charge in [-0.2, -0.15) is 0 Å². The molecule has 5 nitrogen and oxygen atoms in total. The van der Waals surface area contributed by atoms with Gasteiger partial charge >= 0.3 is 0 Å². The topological polar surface area (TPSA) is 92.6 Å². The number of nitrogens with zero attached hydrogens (tertiary/aromatic N) is 1. The third-order valence-electron chi connectivity index (χ3n) is 9.27. The van der Waals surface area contributed by atoms with E-state index < -0.39 is 0 Å². The van der Waals surface area contributed by atoms with Crippen LogP contribution in [0.3, 0.4) is 0 Å². The number of carbonyl (C=O) groups excluding carboxylic acids is 1. The molecular weight excluding hydrogens is 434 g/mol. The van der Waals surface area contributed by atoms with Crippen molar-refractivity contribution in [1.29, 1.82) is 0 Å². The zero-order valence-electron chi connectivity index (χ0n) is 22.1. The van der Waals surface area contributed by atoms with Crippen LogP contribution in [0, 0.1) is 29.1 Å². The molecule has 3 aliphatic rings. The third kappa shape index (κ3) is 5.71. The number of benzene rings is 1. The first-order valence-electron chi connectivity index (χ1n) is 14.0. The lowest BCUT2D eigenvalue weighted by Gasteiger charge is -2.50. The number of rotatable bonds is 10. The molecule has 0 aromatic heterocycles. The molecule has 5 N–H and O–H groups in total. The minimum Gasteiger partial charge on any atom is -0.508 e. The molecule has 0 radical (unpaired) electrons. The van der Waals surface area contributed by atoms with Gasteiger partial charge in [-0.3, -0.25) is 4.79 Å². The van der Waals surface area contributed by atoms with E-state index in [9.17, 15) is 9.90 Å². The van der Waals surface area contributed by atoms with Crippen LogP contribution in [0.15, 0.2) is 30.1 Å². The predicted molar refractivity (Wildman–Crippen MR) is 142 cm³/mol. The summed E-state index contributed by atoms with van der Waals surface area (Å²) >= 11 is 0. The van der Waals surface area contributed by atoms with Gasteiger partial charge in [0.2, 0.25) is 0 Å². The second kappa shape index (κ2) is 10.9. The van der Waals surface area contributed by atoms with Crippen molar-refractivity contribution in [3.63, 3.8) is 0 Å². The fourth-order valence-corrected chi connectivity index (χ4v) is 7.75. The van der Waals surface area contributed by atoms with Crippen LogP contribution in [0.5, 0.6) is 5.75 Å². The summed E-state index contributed by atoms with van der Waals surface area (Å²) in [7, 11) is 0. The molecule has 4 rings (SSSR count). The average molecular weight is 482 g/mol. The lowest BCUT2D eigenvalue weighted by atomic mass is 9.54. The molecule has 0 aliphatic heterocycles. The molecule has 5 heteroatoms. The van der Waals surface area contributed by atoms with Crippen LogP contribution in [0.25, 0.3) is 0 Å². The first-order valence-corrected chi connectivity index (χ1v) is 14.0. The first-order chi connectivity index (χ1) is 16.7. The molecule has 2 unspecified atom stereocenters. The molecule has 35 heavy (non-hydrogen) atoms. The number of unbranched alkanes of at least 4 members (excludes halogenated alkanes) is 3. The van der Waals surface area contributed by atoms with Gasteiger partial charge in [0.15, 0.2) is 0 Å². The Morgan fingerprint density at radius 3 is 2.77 bits per heavy atom. The third-order valence-corrected chi connectivity index (χ3v) is 9.27. The Kier molecular flexibility index (Phi) is 8.15. The van der Waals surface area contributed by atoms with E-state index in [1.165, 1.54) is 30.4 Å². The van der Waals surface area contributed by atoms with Crippen LogP contribution in [-0.4, -0.2) is 22.4 Å². The second-order valence-electron chi connectivity index (χ2n) is 12.3. The van der Waals surface area contributed by atoms with E-state index in [0.29, 0.717) is 41.1 Å². The number of ketones is 1. The van der Waals surface area contributed by atoms with Crippen LogP contribution < -0.4 is 11.6 Å². The summed E-state index contributed by atoms with van der Waals surface area (Å²) in [6.45, 7) is 7.43. The smallest absolute Gasteiger partial charge is 0.139 e. The van der Waals surface area contributed by atoms with Gasteiger partial charge in [-0.1, -0.05) is 46.1 Å². The highest BCUT2D eigenvalue weighted by Crippen LogP contribution is 2.62. The van der Waals surface area contributed by atoms with E-state index in [1.54, 1.807) is 5.01 Å². The Morgan fingerprint density at radius 1 is 1.23 bits per heavy atom. The SMILES string of the molecule is CC(C)C/C(N)=C/N(N)CCCCCC[C@@H]1CC(=O)[C@@]2(C)CCC3c4ccc(O)cc4CC[C@H]3C12. The molecule has 1 aromatic carbocycles. The number of phenolic OH excluding ortho intramolecular Hbond substituents is 1. The lowest BCUT2D eigenvalue weighted by Crippen LogP contribution is -2.44. The van der Waals surface area contributed by atoms with Gasteiger partial charge in [0.1, 0.15) is 11.5 Å². The molecule has 0 amide bonds. The molecule has 2 fully saturated rings. The number of aromatic hydroxyl groups is 1. The van der Waals surface area contributed by atoms with Crippen molar-refractivity contribution in [1.82, 2.24) is 5.01 Å². The Bertz CT molecular complexity index is 926. The minimum atomic E-state index is -0.122. The minimum absolute atomic E-state index is 0.122. The second-order valence-corrected chi connectivity index (χ2v) is 12.3. The van der Waals surface area contributed by atoms with Crippen molar-refractivity contribution in [2.75, 3.05) is 6.54 Å². The quantitative estimate of drug-likeness (QED) is 0.216. The van der Waals surface area contributed by atoms with Crippen LogP contribution in [0.2, 0.25) is 0 Å². The molecule has 2 saturated carbocycles. The van der Waals surface area contributed by atoms with Gasteiger partial charge in [-0.25, -0.2) is 5.84 Å². The molecule has 5 atom stereocenters. The maximum Gasteiger partial charge on any atom is 0.139 e. The molecule has 3 aliphatic carbocycles. The van der Waals surface area contributed by atoms with E-state index in [-0.39, 0.29) is 5.41 Å². The zero-order chi connectivity index (χ0) is 25.2. The number of fused-ring (bicyclic) bond motifs is 5. The summed E-state index contributed by atoms with van der Waals surface area (Å²) in [6, 6.07) is 5.97. The summed E-state index contributed by atoms with van der Waals surface area (Å²) in [5, 5.41) is 11.7. The van der Waals surface area contributed by atoms with Crippen LogP contribution >= 0.6 is 0 Å². The number of aryl methyl sites for hydroxylation is 1. The highest BCUT2D eigenvalue weighted by molar-refractivity contribution is 5.87. The summed E-state index contributed by atoms with van der Waals surface area (Å²) < 4.78 is 0. The molecule has 0 spiro atoms. The van der Waals surface area contributed by atoms with Crippen LogP contribution in [-0.2, 0) is 11.2 Å². The lowest BCUT2D eigenvalue weighted by molar-refractivity contribution is -0.129. The Balaban J connectivity index is 1.29. The number of hydrogen-bond donors (Lipinski definition) is 3. The van der Waals surface area contributed by atoms with E-state index in [2.05, 4.69) is 26.8 Å². The van der Waals surface area contributed by atoms with E-state index in [0.717, 1.165) is 63.6 Å². The molecule has 0 saturated heterocycles. The summed E-state index contributed by atoms with van der Waals surface area (Å²) in [5.74, 6) is 9.75. The van der Waals surface area contributed by atoms with Gasteiger partial charge in [0.25, 0.3) is 0 Å². The number of hydrazine groups is 1. The monoisotopic (exact) mass is 481 g/mol. The van der Waals surface area contributed by atoms with Crippen molar-refractivity contribution < 1.29 is 9.90 Å². The molecule has 1 aromatic rings. The summed E-state index contributed by atoms with van der Waals surface area (Å²) in [5.41, 5.74) is 9.55. The van der Waals surface area contributed by atoms with Gasteiger partial charge in [0, 0.05) is 30.3 Å². The number of allylic oxidation sites excluding steroid dienone is 1. The fraction of sp³-hybridized carbons (Fsp3) is 0.700. The zero-order valence-corrected chi connectivity index (χ0v) is 22.1. The number of phenols is 1. The van der Waals surface area contributed by atoms with Crippen molar-refractivity contribution in [2.24, 2.45) is 40.7 Å². The number of hydrogen-bond acceptors (Lipinski definition) is 5. The fourth-order valence-electron chi connectivity index (χ4n) is 7.75. The van der Waals surface area contributed by atoms with Gasteiger partial charge < -0.3 is 15.8 Å². The Labute approximate surface area is 212 Å². The van der Waals surface area contributed by atoms with E-state index in [1.807, 2.05) is 18.3 Å². The van der Waals surface area contributed by atoms with Crippen molar-refractivity contribution in [3.05, 3.63) is 41.2 Å². The van der Waals surface area contributed by atoms with Crippen LogP contribution in [0.1, 0.15) is 102 Å². The van der Waals surface area contributed by atoms with Crippen LogP contribution in [0.4, 0.5) is 0 Å². The highest BCUT2D eigenvalue weighted by Gasteiger charge is 2.58. The number of carbonyl (C=O) groups is 1. The van der Waals surface area contributed by atoms with Gasteiger partial charge in [0.05, 0.1) is 0 Å². The molecule has 194 valence electrons. The van der Waals surface area contributed by atoms with Gasteiger partial charge in [-0.15, -0.1) is 0 Å². The normalized spacial score (nSPS) is 30.2. The van der Waals surface area contributed by atoms with Crippen molar-refractivity contribution in [2.45, 2.75) is 97.3 Å². The summed E-state index contributed by atoms with van der Waals surface area (Å²) in [4.78, 5) is 13.2. The van der Waals surface area contributed by atoms with E-state index in [4.69, 9.17) is 11.6 Å². The largest absolute Gasteiger partial charge is 0.508 e.